The molecule has 128 valence electrons. The fraction of sp³-hybridized carbons (Fsp3) is 0. The summed E-state index contributed by atoms with van der Waals surface area (Å²) < 4.78 is 0. The summed E-state index contributed by atoms with van der Waals surface area (Å²) in [5, 5.41) is 5.81. The molecule has 0 N–H and O–H groups in total. The summed E-state index contributed by atoms with van der Waals surface area (Å²) in [5.74, 6) is 0. The molecule has 5 aromatic carbocycles. The van der Waals surface area contributed by atoms with Crippen molar-refractivity contribution in [2.45, 2.75) is 0 Å². The van der Waals surface area contributed by atoms with E-state index in [0.29, 0.717) is 0 Å². The number of hydrogen-bond donors (Lipinski definition) is 0. The van der Waals surface area contributed by atoms with Gasteiger partial charge in [0.25, 0.3) is 0 Å². The van der Waals surface area contributed by atoms with E-state index < -0.39 is 0 Å². The van der Waals surface area contributed by atoms with Crippen LogP contribution >= 0.6 is 11.6 Å². The Morgan fingerprint density at radius 2 is 1.07 bits per heavy atom. The zero-order valence-corrected chi connectivity index (χ0v) is 15.4. The number of halogens is 1. The van der Waals surface area contributed by atoms with E-state index in [4.69, 9.17) is 11.6 Å². The molecule has 0 aliphatic rings. The van der Waals surface area contributed by atoms with E-state index in [2.05, 4.69) is 91.0 Å². The number of rotatable bonds is 2. The van der Waals surface area contributed by atoms with Gasteiger partial charge in [0.2, 0.25) is 0 Å². The molecule has 0 saturated heterocycles. The van der Waals surface area contributed by atoms with Crippen molar-refractivity contribution in [1.82, 2.24) is 0 Å². The highest BCUT2D eigenvalue weighted by molar-refractivity contribution is 6.30. The average Bonchev–Trinajstić information content (AvgIpc) is 2.73. The quantitative estimate of drug-likeness (QED) is 0.298. The van der Waals surface area contributed by atoms with Gasteiger partial charge in [0.15, 0.2) is 0 Å². The molecule has 0 bridgehead atoms. The second-order valence-corrected chi connectivity index (χ2v) is 7.21. The molecule has 0 amide bonds. The Morgan fingerprint density at radius 1 is 0.444 bits per heavy atom. The minimum Gasteiger partial charge on any atom is -0.0843 e. The molecule has 0 aliphatic heterocycles. The fourth-order valence-corrected chi connectivity index (χ4v) is 3.93. The third kappa shape index (κ3) is 2.89. The van der Waals surface area contributed by atoms with E-state index in [1.807, 2.05) is 12.1 Å². The highest BCUT2D eigenvalue weighted by Gasteiger charge is 2.10. The Morgan fingerprint density at radius 3 is 1.85 bits per heavy atom. The molecular weight excluding hydrogens is 348 g/mol. The Labute approximate surface area is 163 Å². The summed E-state index contributed by atoms with van der Waals surface area (Å²) in [6.45, 7) is 0. The molecule has 27 heavy (non-hydrogen) atoms. The minimum atomic E-state index is 0.758. The SMILES string of the molecule is Clc1ccc(-c2cc(-c3cccc4ccccc34)c3ccccc3c2)cc1. The minimum absolute atomic E-state index is 0.758. The van der Waals surface area contributed by atoms with Crippen molar-refractivity contribution >= 4 is 33.1 Å². The van der Waals surface area contributed by atoms with Gasteiger partial charge in [0.1, 0.15) is 0 Å². The predicted octanol–water partition coefficient (Wildman–Crippen LogP) is 7.98. The van der Waals surface area contributed by atoms with E-state index in [0.717, 1.165) is 5.02 Å². The van der Waals surface area contributed by atoms with Crippen LogP contribution in [0.2, 0.25) is 5.02 Å². The van der Waals surface area contributed by atoms with Crippen LogP contribution in [-0.2, 0) is 0 Å². The first-order valence-electron chi connectivity index (χ1n) is 9.06. The number of fused-ring (bicyclic) bond motifs is 2. The maximum atomic E-state index is 6.09. The molecular formula is C26H17Cl. The molecule has 0 heterocycles. The van der Waals surface area contributed by atoms with Crippen molar-refractivity contribution in [3.8, 4) is 22.3 Å². The second kappa shape index (κ2) is 6.57. The average molecular weight is 365 g/mol. The van der Waals surface area contributed by atoms with Gasteiger partial charge in [-0.25, -0.2) is 0 Å². The summed E-state index contributed by atoms with van der Waals surface area (Å²) in [6, 6.07) is 36.3. The van der Waals surface area contributed by atoms with Gasteiger partial charge in [0, 0.05) is 5.02 Å². The zero-order chi connectivity index (χ0) is 18.2. The van der Waals surface area contributed by atoms with Crippen molar-refractivity contribution < 1.29 is 0 Å². The molecule has 0 aromatic heterocycles. The Bertz CT molecular complexity index is 1260. The molecule has 0 saturated carbocycles. The lowest BCUT2D eigenvalue weighted by molar-refractivity contribution is 1.63. The lowest BCUT2D eigenvalue weighted by Gasteiger charge is -2.13. The van der Waals surface area contributed by atoms with Crippen molar-refractivity contribution in [1.29, 1.82) is 0 Å². The molecule has 0 nitrogen and oxygen atoms in total. The van der Waals surface area contributed by atoms with Crippen LogP contribution in [0.1, 0.15) is 0 Å². The Hall–Kier alpha value is -3.09. The van der Waals surface area contributed by atoms with Crippen LogP contribution in [0.4, 0.5) is 0 Å². The number of benzene rings is 5. The second-order valence-electron chi connectivity index (χ2n) is 6.78. The van der Waals surface area contributed by atoms with Gasteiger partial charge in [-0.1, -0.05) is 90.5 Å². The zero-order valence-electron chi connectivity index (χ0n) is 14.7. The molecule has 5 aromatic rings. The highest BCUT2D eigenvalue weighted by atomic mass is 35.5. The van der Waals surface area contributed by atoms with Gasteiger partial charge in [-0.3, -0.25) is 0 Å². The summed E-state index contributed by atoms with van der Waals surface area (Å²) >= 11 is 6.09. The van der Waals surface area contributed by atoms with Crippen LogP contribution in [0.3, 0.4) is 0 Å². The van der Waals surface area contributed by atoms with Crippen molar-refractivity contribution in [3.05, 3.63) is 108 Å². The van der Waals surface area contributed by atoms with E-state index >= 15 is 0 Å². The van der Waals surface area contributed by atoms with E-state index in [1.165, 1.54) is 43.8 Å². The molecule has 0 radical (unpaired) electrons. The smallest absolute Gasteiger partial charge is 0.0406 e. The topological polar surface area (TPSA) is 0 Å². The Kier molecular flexibility index (Phi) is 3.92. The lowest BCUT2D eigenvalue weighted by Crippen LogP contribution is -1.87. The molecule has 0 aliphatic carbocycles. The third-order valence-corrected chi connectivity index (χ3v) is 5.37. The van der Waals surface area contributed by atoms with Gasteiger partial charge < -0.3 is 0 Å². The maximum absolute atomic E-state index is 6.09. The van der Waals surface area contributed by atoms with Crippen LogP contribution in [0.25, 0.3) is 43.8 Å². The first-order valence-corrected chi connectivity index (χ1v) is 9.44. The van der Waals surface area contributed by atoms with Crippen molar-refractivity contribution in [2.75, 3.05) is 0 Å². The predicted molar refractivity (Wildman–Crippen MR) is 117 cm³/mol. The van der Waals surface area contributed by atoms with Crippen molar-refractivity contribution in [3.63, 3.8) is 0 Å². The van der Waals surface area contributed by atoms with Crippen LogP contribution in [-0.4, -0.2) is 0 Å². The molecule has 5 rings (SSSR count). The summed E-state index contributed by atoms with van der Waals surface area (Å²) in [7, 11) is 0. The van der Waals surface area contributed by atoms with Gasteiger partial charge >= 0.3 is 0 Å². The standard InChI is InChI=1S/C26H17Cl/c27-22-14-12-18(13-15-22)21-16-20-7-2-4-10-24(20)26(17-21)25-11-5-8-19-6-1-3-9-23(19)25/h1-17H. The molecule has 0 fully saturated rings. The highest BCUT2D eigenvalue weighted by Crippen LogP contribution is 2.37. The van der Waals surface area contributed by atoms with E-state index in [9.17, 15) is 0 Å². The first-order chi connectivity index (χ1) is 13.3. The summed E-state index contributed by atoms with van der Waals surface area (Å²) in [6.07, 6.45) is 0. The van der Waals surface area contributed by atoms with E-state index in [1.54, 1.807) is 0 Å². The molecule has 0 atom stereocenters. The normalized spacial score (nSPS) is 11.1. The van der Waals surface area contributed by atoms with Gasteiger partial charge in [-0.05, 0) is 68.1 Å². The lowest BCUT2D eigenvalue weighted by atomic mass is 9.90. The maximum Gasteiger partial charge on any atom is 0.0406 e. The largest absolute Gasteiger partial charge is 0.0843 e. The van der Waals surface area contributed by atoms with E-state index in [-0.39, 0.29) is 0 Å². The molecule has 0 spiro atoms. The van der Waals surface area contributed by atoms with Crippen LogP contribution in [0.5, 0.6) is 0 Å². The van der Waals surface area contributed by atoms with Gasteiger partial charge in [-0.2, -0.15) is 0 Å². The Balaban J connectivity index is 1.84. The fourth-order valence-electron chi connectivity index (χ4n) is 3.80. The van der Waals surface area contributed by atoms with Crippen LogP contribution < -0.4 is 0 Å². The molecule has 1 heteroatoms. The monoisotopic (exact) mass is 364 g/mol. The van der Waals surface area contributed by atoms with Crippen molar-refractivity contribution in [2.24, 2.45) is 0 Å². The third-order valence-electron chi connectivity index (χ3n) is 5.12. The summed E-state index contributed by atoms with van der Waals surface area (Å²) in [4.78, 5) is 0. The van der Waals surface area contributed by atoms with Crippen LogP contribution in [0.15, 0.2) is 103 Å². The molecule has 0 unspecified atom stereocenters. The van der Waals surface area contributed by atoms with Gasteiger partial charge in [-0.15, -0.1) is 0 Å². The number of hydrogen-bond acceptors (Lipinski definition) is 0. The van der Waals surface area contributed by atoms with Gasteiger partial charge in [0.05, 0.1) is 0 Å². The summed E-state index contributed by atoms with van der Waals surface area (Å²) in [5.41, 5.74) is 4.90. The van der Waals surface area contributed by atoms with Crippen LogP contribution in [0, 0.1) is 0 Å². The first kappa shape index (κ1) is 16.1.